The third-order valence-electron chi connectivity index (χ3n) is 2.30. The van der Waals surface area contributed by atoms with Crippen LogP contribution in [0.4, 0.5) is 0 Å². The Kier molecular flexibility index (Phi) is 2.99. The highest BCUT2D eigenvalue weighted by Crippen LogP contribution is 2.10. The molecule has 2 rings (SSSR count). The molecule has 0 fully saturated rings. The van der Waals surface area contributed by atoms with E-state index >= 15 is 0 Å². The lowest BCUT2D eigenvalue weighted by molar-refractivity contribution is 0.660. The molecule has 0 amide bonds. The molecule has 0 bridgehead atoms. The molecule has 0 saturated heterocycles. The summed E-state index contributed by atoms with van der Waals surface area (Å²) in [5, 5.41) is 2.13. The first-order valence-electron chi connectivity index (χ1n) is 4.92. The van der Waals surface area contributed by atoms with Gasteiger partial charge in [0.25, 0.3) is 0 Å². The Morgan fingerprint density at radius 1 is 1.50 bits per heavy atom. The summed E-state index contributed by atoms with van der Waals surface area (Å²) >= 11 is 1.82. The monoisotopic (exact) mass is 206 g/mol. The molecule has 0 spiro atoms. The third-order valence-corrected chi connectivity index (χ3v) is 3.23. The zero-order chi connectivity index (χ0) is 9.80. The molecule has 2 nitrogen and oxygen atoms in total. The van der Waals surface area contributed by atoms with Crippen LogP contribution < -0.4 is 0 Å². The van der Waals surface area contributed by atoms with Crippen LogP contribution in [0.1, 0.15) is 17.6 Å². The molecule has 0 unspecified atom stereocenters. The highest BCUT2D eigenvalue weighted by Gasteiger charge is 2.00. The van der Waals surface area contributed by atoms with Gasteiger partial charge in [0, 0.05) is 30.2 Å². The average molecular weight is 206 g/mol. The standard InChI is InChI=1S/C11H14N2S/c1-2-11-12-6-8-13(11)7-5-10-4-3-9-14-10/h3-4,6,8-9H,2,5,7H2,1H3. The predicted octanol–water partition coefficient (Wildman–Crippen LogP) is 2.75. The van der Waals surface area contributed by atoms with Crippen molar-refractivity contribution in [2.24, 2.45) is 0 Å². The van der Waals surface area contributed by atoms with Crippen LogP contribution in [0.2, 0.25) is 0 Å². The van der Waals surface area contributed by atoms with Crippen LogP contribution in [0.3, 0.4) is 0 Å². The summed E-state index contributed by atoms with van der Waals surface area (Å²) in [6.07, 6.45) is 6.07. The summed E-state index contributed by atoms with van der Waals surface area (Å²) in [5.41, 5.74) is 0. The second-order valence-corrected chi connectivity index (χ2v) is 4.25. The maximum absolute atomic E-state index is 4.30. The summed E-state index contributed by atoms with van der Waals surface area (Å²) < 4.78 is 2.24. The summed E-state index contributed by atoms with van der Waals surface area (Å²) in [4.78, 5) is 5.75. The number of aryl methyl sites for hydroxylation is 3. The summed E-state index contributed by atoms with van der Waals surface area (Å²) in [5.74, 6) is 1.18. The van der Waals surface area contributed by atoms with Gasteiger partial charge in [0.1, 0.15) is 5.82 Å². The van der Waals surface area contributed by atoms with Crippen LogP contribution in [0, 0.1) is 0 Å². The minimum Gasteiger partial charge on any atom is -0.335 e. The van der Waals surface area contributed by atoms with Crippen molar-refractivity contribution in [2.75, 3.05) is 0 Å². The molecule has 14 heavy (non-hydrogen) atoms. The molecule has 2 aromatic heterocycles. The normalized spacial score (nSPS) is 10.6. The van der Waals surface area contributed by atoms with Crippen molar-refractivity contribution in [1.29, 1.82) is 0 Å². The topological polar surface area (TPSA) is 17.8 Å². The molecule has 3 heteroatoms. The lowest BCUT2D eigenvalue weighted by Gasteiger charge is -2.04. The minimum atomic E-state index is 1.01. The van der Waals surface area contributed by atoms with Crippen LogP contribution in [-0.4, -0.2) is 9.55 Å². The number of imidazole rings is 1. The second kappa shape index (κ2) is 4.42. The van der Waals surface area contributed by atoms with Crippen molar-refractivity contribution in [3.8, 4) is 0 Å². The second-order valence-electron chi connectivity index (χ2n) is 3.22. The SMILES string of the molecule is CCc1nccn1CCc1cccs1. The first kappa shape index (κ1) is 9.46. The van der Waals surface area contributed by atoms with Gasteiger partial charge in [-0.3, -0.25) is 0 Å². The van der Waals surface area contributed by atoms with Crippen molar-refractivity contribution in [3.63, 3.8) is 0 Å². The van der Waals surface area contributed by atoms with Gasteiger partial charge in [0.2, 0.25) is 0 Å². The molecular formula is C11H14N2S. The van der Waals surface area contributed by atoms with Crippen molar-refractivity contribution in [1.82, 2.24) is 9.55 Å². The van der Waals surface area contributed by atoms with E-state index in [0.29, 0.717) is 0 Å². The van der Waals surface area contributed by atoms with Gasteiger partial charge in [-0.05, 0) is 17.9 Å². The minimum absolute atomic E-state index is 1.01. The number of hydrogen-bond acceptors (Lipinski definition) is 2. The third kappa shape index (κ3) is 2.04. The molecular weight excluding hydrogens is 192 g/mol. The van der Waals surface area contributed by atoms with Crippen LogP contribution in [0.15, 0.2) is 29.9 Å². The van der Waals surface area contributed by atoms with E-state index in [1.807, 2.05) is 17.5 Å². The largest absolute Gasteiger partial charge is 0.335 e. The lowest BCUT2D eigenvalue weighted by atomic mass is 10.3. The van der Waals surface area contributed by atoms with Crippen molar-refractivity contribution >= 4 is 11.3 Å². The number of aromatic nitrogens is 2. The van der Waals surface area contributed by atoms with Crippen LogP contribution in [0.5, 0.6) is 0 Å². The van der Waals surface area contributed by atoms with Gasteiger partial charge in [-0.15, -0.1) is 11.3 Å². The molecule has 0 radical (unpaired) electrons. The van der Waals surface area contributed by atoms with E-state index in [0.717, 1.165) is 19.4 Å². The fraction of sp³-hybridized carbons (Fsp3) is 0.364. The number of hydrogen-bond donors (Lipinski definition) is 0. The molecule has 0 aliphatic carbocycles. The molecule has 2 heterocycles. The van der Waals surface area contributed by atoms with Crippen LogP contribution in [-0.2, 0) is 19.4 Å². The molecule has 0 N–H and O–H groups in total. The van der Waals surface area contributed by atoms with Gasteiger partial charge >= 0.3 is 0 Å². The van der Waals surface area contributed by atoms with E-state index in [4.69, 9.17) is 0 Å². The van der Waals surface area contributed by atoms with E-state index in [1.54, 1.807) is 0 Å². The van der Waals surface area contributed by atoms with Crippen molar-refractivity contribution in [3.05, 3.63) is 40.6 Å². The Bertz CT molecular complexity index is 376. The van der Waals surface area contributed by atoms with Gasteiger partial charge in [0.15, 0.2) is 0 Å². The lowest BCUT2D eigenvalue weighted by Crippen LogP contribution is -2.03. The van der Waals surface area contributed by atoms with Gasteiger partial charge in [-0.25, -0.2) is 4.98 Å². The highest BCUT2D eigenvalue weighted by atomic mass is 32.1. The van der Waals surface area contributed by atoms with Gasteiger partial charge in [-0.1, -0.05) is 13.0 Å². The molecule has 74 valence electrons. The Morgan fingerprint density at radius 3 is 3.14 bits per heavy atom. The first-order valence-corrected chi connectivity index (χ1v) is 5.80. The van der Waals surface area contributed by atoms with Gasteiger partial charge in [-0.2, -0.15) is 0 Å². The molecule has 0 saturated carbocycles. The molecule has 0 aliphatic heterocycles. The molecule has 2 aromatic rings. The Morgan fingerprint density at radius 2 is 2.43 bits per heavy atom. The fourth-order valence-corrected chi connectivity index (χ4v) is 2.24. The van der Waals surface area contributed by atoms with E-state index in [-0.39, 0.29) is 0 Å². The Labute approximate surface area is 88.2 Å². The zero-order valence-electron chi connectivity index (χ0n) is 8.31. The molecule has 0 aliphatic rings. The van der Waals surface area contributed by atoms with Crippen LogP contribution >= 0.6 is 11.3 Å². The van der Waals surface area contributed by atoms with Crippen molar-refractivity contribution < 1.29 is 0 Å². The van der Waals surface area contributed by atoms with Gasteiger partial charge in [0.05, 0.1) is 0 Å². The van der Waals surface area contributed by atoms with Gasteiger partial charge < -0.3 is 4.57 Å². The zero-order valence-corrected chi connectivity index (χ0v) is 9.13. The van der Waals surface area contributed by atoms with E-state index < -0.39 is 0 Å². The molecule has 0 aromatic carbocycles. The number of rotatable bonds is 4. The number of nitrogens with zero attached hydrogens (tertiary/aromatic N) is 2. The Balaban J connectivity index is 1.98. The highest BCUT2D eigenvalue weighted by molar-refractivity contribution is 7.09. The van der Waals surface area contributed by atoms with E-state index in [2.05, 4.69) is 40.2 Å². The fourth-order valence-electron chi connectivity index (χ4n) is 1.54. The molecule has 0 atom stereocenters. The average Bonchev–Trinajstić information content (AvgIpc) is 2.85. The predicted molar refractivity (Wildman–Crippen MR) is 59.6 cm³/mol. The Hall–Kier alpha value is -1.09. The number of thiophene rings is 1. The summed E-state index contributed by atoms with van der Waals surface area (Å²) in [6, 6.07) is 4.29. The van der Waals surface area contributed by atoms with Crippen LogP contribution in [0.25, 0.3) is 0 Å². The van der Waals surface area contributed by atoms with E-state index in [1.165, 1.54) is 10.7 Å². The maximum atomic E-state index is 4.30. The first-order chi connectivity index (χ1) is 6.90. The quantitative estimate of drug-likeness (QED) is 0.752. The maximum Gasteiger partial charge on any atom is 0.108 e. The summed E-state index contributed by atoms with van der Waals surface area (Å²) in [7, 11) is 0. The van der Waals surface area contributed by atoms with E-state index in [9.17, 15) is 0 Å². The smallest absolute Gasteiger partial charge is 0.108 e. The van der Waals surface area contributed by atoms with Crippen molar-refractivity contribution in [2.45, 2.75) is 26.3 Å². The summed E-state index contributed by atoms with van der Waals surface area (Å²) in [6.45, 7) is 3.19.